The number of benzene rings is 2. The standard InChI is InChI=1S/C30H36N4O6/c1-18(2)23(33-29(38)40-30(4,5)6)25(35)26-32-24(19(3)34(26)17-20-12-9-8-10-13-20)27(36)31-22-15-11-14-21(16-22)28(37)39-7/h8-16,18,23H,17H2,1-7H3,(H,31,36)(H,33,38)/t23-/m0/s1. The van der Waals surface area contributed by atoms with Crippen LogP contribution in [0.3, 0.4) is 0 Å². The van der Waals surface area contributed by atoms with E-state index >= 15 is 0 Å². The van der Waals surface area contributed by atoms with Crippen LogP contribution in [0.2, 0.25) is 0 Å². The normalized spacial score (nSPS) is 12.0. The van der Waals surface area contributed by atoms with E-state index in [2.05, 4.69) is 15.6 Å². The van der Waals surface area contributed by atoms with Gasteiger partial charge in [-0.15, -0.1) is 0 Å². The lowest BCUT2D eigenvalue weighted by Crippen LogP contribution is -2.47. The number of esters is 1. The minimum absolute atomic E-state index is 0.0320. The highest BCUT2D eigenvalue weighted by molar-refractivity contribution is 6.06. The Morgan fingerprint density at radius 1 is 1.00 bits per heavy atom. The molecule has 3 aromatic rings. The van der Waals surface area contributed by atoms with Crippen LogP contribution in [0.1, 0.15) is 77.3 Å². The molecule has 1 aromatic heterocycles. The molecule has 0 aliphatic rings. The molecule has 0 unspecified atom stereocenters. The van der Waals surface area contributed by atoms with Crippen molar-refractivity contribution < 1.29 is 28.7 Å². The van der Waals surface area contributed by atoms with Gasteiger partial charge in [0.15, 0.2) is 5.82 Å². The molecule has 1 atom stereocenters. The summed E-state index contributed by atoms with van der Waals surface area (Å²) in [7, 11) is 1.27. The number of carbonyl (C=O) groups excluding carboxylic acids is 4. The molecule has 0 saturated carbocycles. The van der Waals surface area contributed by atoms with Gasteiger partial charge >= 0.3 is 12.1 Å². The van der Waals surface area contributed by atoms with Crippen molar-refractivity contribution in [2.75, 3.05) is 12.4 Å². The number of anilines is 1. The van der Waals surface area contributed by atoms with Crippen LogP contribution < -0.4 is 10.6 Å². The third-order valence-electron chi connectivity index (χ3n) is 6.00. The van der Waals surface area contributed by atoms with Gasteiger partial charge in [0.1, 0.15) is 17.3 Å². The van der Waals surface area contributed by atoms with E-state index in [0.717, 1.165) is 5.56 Å². The first kappa shape index (κ1) is 30.1. The highest BCUT2D eigenvalue weighted by atomic mass is 16.6. The van der Waals surface area contributed by atoms with Crippen LogP contribution >= 0.6 is 0 Å². The first-order chi connectivity index (χ1) is 18.8. The average Bonchev–Trinajstić information content (AvgIpc) is 3.21. The molecular weight excluding hydrogens is 512 g/mol. The number of ether oxygens (including phenoxy) is 2. The van der Waals surface area contributed by atoms with Gasteiger partial charge in [0, 0.05) is 17.9 Å². The molecule has 40 heavy (non-hydrogen) atoms. The molecule has 0 fully saturated rings. The van der Waals surface area contributed by atoms with E-state index in [1.807, 2.05) is 30.3 Å². The van der Waals surface area contributed by atoms with Crippen molar-refractivity contribution in [1.82, 2.24) is 14.9 Å². The fraction of sp³-hybridized carbons (Fsp3) is 0.367. The maximum atomic E-state index is 13.9. The topological polar surface area (TPSA) is 129 Å². The minimum atomic E-state index is -0.946. The molecular formula is C30H36N4O6. The summed E-state index contributed by atoms with van der Waals surface area (Å²) in [6, 6.07) is 14.8. The van der Waals surface area contributed by atoms with Crippen LogP contribution in [-0.4, -0.2) is 52.1 Å². The van der Waals surface area contributed by atoms with Gasteiger partial charge in [-0.1, -0.05) is 50.2 Å². The summed E-state index contributed by atoms with van der Waals surface area (Å²) < 4.78 is 11.8. The maximum Gasteiger partial charge on any atom is 0.408 e. The number of ketones is 1. The van der Waals surface area contributed by atoms with Crippen LogP contribution in [0.4, 0.5) is 10.5 Å². The fourth-order valence-corrected chi connectivity index (χ4v) is 4.04. The van der Waals surface area contributed by atoms with E-state index in [0.29, 0.717) is 11.4 Å². The molecule has 2 N–H and O–H groups in total. The molecule has 0 spiro atoms. The van der Waals surface area contributed by atoms with Gasteiger partial charge in [0.05, 0.1) is 12.7 Å². The molecule has 1 heterocycles. The van der Waals surface area contributed by atoms with Crippen LogP contribution in [0, 0.1) is 12.8 Å². The lowest BCUT2D eigenvalue weighted by atomic mass is 9.99. The second-order valence-electron chi connectivity index (χ2n) is 10.7. The number of carbonyl (C=O) groups is 4. The highest BCUT2D eigenvalue weighted by Crippen LogP contribution is 2.20. The Morgan fingerprint density at radius 3 is 2.27 bits per heavy atom. The first-order valence-corrected chi connectivity index (χ1v) is 12.9. The Morgan fingerprint density at radius 2 is 1.68 bits per heavy atom. The predicted octanol–water partition coefficient (Wildman–Crippen LogP) is 5.01. The Bertz CT molecular complexity index is 1390. The van der Waals surface area contributed by atoms with Gasteiger partial charge in [-0.25, -0.2) is 14.6 Å². The Kier molecular flexibility index (Phi) is 9.47. The van der Waals surface area contributed by atoms with Crippen molar-refractivity contribution in [3.8, 4) is 0 Å². The molecule has 0 saturated heterocycles. The maximum absolute atomic E-state index is 13.9. The predicted molar refractivity (Wildman–Crippen MR) is 151 cm³/mol. The summed E-state index contributed by atoms with van der Waals surface area (Å²) in [6.45, 7) is 10.8. The summed E-state index contributed by atoms with van der Waals surface area (Å²) in [5, 5.41) is 5.42. The zero-order valence-electron chi connectivity index (χ0n) is 23.9. The fourth-order valence-electron chi connectivity index (χ4n) is 4.04. The number of imidazole rings is 1. The summed E-state index contributed by atoms with van der Waals surface area (Å²) in [5.41, 5.74) is 1.31. The number of aromatic nitrogens is 2. The van der Waals surface area contributed by atoms with Gasteiger partial charge in [-0.3, -0.25) is 9.59 Å². The Balaban J connectivity index is 2.00. The SMILES string of the molecule is COC(=O)c1cccc(NC(=O)c2nc(C(=O)[C@@H](NC(=O)OC(C)(C)C)C(C)C)n(Cc3ccccc3)c2C)c1. The lowest BCUT2D eigenvalue weighted by molar-refractivity contribution is 0.0473. The number of rotatable bonds is 9. The number of methoxy groups -OCH3 is 1. The quantitative estimate of drug-likeness (QED) is 0.284. The van der Waals surface area contributed by atoms with Crippen LogP contribution in [-0.2, 0) is 16.0 Å². The van der Waals surface area contributed by atoms with E-state index in [4.69, 9.17) is 9.47 Å². The van der Waals surface area contributed by atoms with Crippen LogP contribution in [0.5, 0.6) is 0 Å². The van der Waals surface area contributed by atoms with Crippen molar-refractivity contribution in [3.63, 3.8) is 0 Å². The number of amides is 2. The van der Waals surface area contributed by atoms with Gasteiger partial charge in [0.25, 0.3) is 5.91 Å². The van der Waals surface area contributed by atoms with Crippen molar-refractivity contribution in [2.45, 2.75) is 59.7 Å². The van der Waals surface area contributed by atoms with Crippen molar-refractivity contribution in [3.05, 3.63) is 82.9 Å². The highest BCUT2D eigenvalue weighted by Gasteiger charge is 2.33. The molecule has 0 aliphatic carbocycles. The second-order valence-corrected chi connectivity index (χ2v) is 10.7. The molecule has 212 valence electrons. The van der Waals surface area contributed by atoms with E-state index in [-0.39, 0.29) is 29.5 Å². The average molecular weight is 549 g/mol. The number of alkyl carbamates (subject to hydrolysis) is 1. The summed E-state index contributed by atoms with van der Waals surface area (Å²) in [4.78, 5) is 56.2. The zero-order valence-corrected chi connectivity index (χ0v) is 23.9. The number of hydrogen-bond acceptors (Lipinski definition) is 7. The van der Waals surface area contributed by atoms with Gasteiger partial charge in [0.2, 0.25) is 5.78 Å². The molecule has 2 amide bonds. The van der Waals surface area contributed by atoms with Gasteiger partial charge in [-0.05, 0) is 57.4 Å². The number of Topliss-reactive ketones (excluding diaryl/α,β-unsaturated/α-hetero) is 1. The van der Waals surface area contributed by atoms with E-state index in [1.54, 1.807) is 64.3 Å². The summed E-state index contributed by atoms with van der Waals surface area (Å²) in [5.74, 6) is -1.80. The van der Waals surface area contributed by atoms with Crippen LogP contribution in [0.15, 0.2) is 54.6 Å². The van der Waals surface area contributed by atoms with Crippen molar-refractivity contribution >= 4 is 29.4 Å². The van der Waals surface area contributed by atoms with Crippen LogP contribution in [0.25, 0.3) is 0 Å². The van der Waals surface area contributed by atoms with E-state index in [1.165, 1.54) is 13.2 Å². The second kappa shape index (κ2) is 12.6. The molecule has 2 aromatic carbocycles. The Hall–Kier alpha value is -4.47. The van der Waals surface area contributed by atoms with E-state index in [9.17, 15) is 19.2 Å². The van der Waals surface area contributed by atoms with E-state index < -0.39 is 35.4 Å². The first-order valence-electron chi connectivity index (χ1n) is 12.9. The van der Waals surface area contributed by atoms with Crippen molar-refractivity contribution in [1.29, 1.82) is 0 Å². The number of nitrogens with one attached hydrogen (secondary N) is 2. The third kappa shape index (κ3) is 7.56. The third-order valence-corrected chi connectivity index (χ3v) is 6.00. The molecule has 3 rings (SSSR count). The molecule has 0 aliphatic heterocycles. The molecule has 10 nitrogen and oxygen atoms in total. The summed E-state index contributed by atoms with van der Waals surface area (Å²) in [6.07, 6.45) is -0.721. The van der Waals surface area contributed by atoms with Gasteiger partial charge in [-0.2, -0.15) is 0 Å². The number of hydrogen-bond donors (Lipinski definition) is 2. The monoisotopic (exact) mass is 548 g/mol. The molecule has 0 bridgehead atoms. The molecule has 0 radical (unpaired) electrons. The largest absolute Gasteiger partial charge is 0.465 e. The zero-order chi connectivity index (χ0) is 29.6. The molecule has 10 heteroatoms. The summed E-state index contributed by atoms with van der Waals surface area (Å²) >= 11 is 0. The lowest BCUT2D eigenvalue weighted by Gasteiger charge is -2.25. The van der Waals surface area contributed by atoms with Crippen molar-refractivity contribution in [2.24, 2.45) is 5.92 Å². The van der Waals surface area contributed by atoms with Gasteiger partial charge < -0.3 is 24.7 Å². The Labute approximate surface area is 234 Å². The smallest absolute Gasteiger partial charge is 0.408 e. The number of nitrogens with zero attached hydrogens (tertiary/aromatic N) is 2. The minimum Gasteiger partial charge on any atom is -0.465 e.